The van der Waals surface area contributed by atoms with E-state index in [-0.39, 0.29) is 5.97 Å². The molecule has 2 rings (SSSR count). The summed E-state index contributed by atoms with van der Waals surface area (Å²) >= 11 is 0. The standard InChI is InChI=1S/C22H29NO2/c1-16-10-17(2)12-20(11-16)14-23-13-18-6-8-19(9-7-18)15-25-21(24)22(3,4)5/h6-12,23H,13-15H2,1-5H3. The zero-order valence-electron chi connectivity index (χ0n) is 16.0. The number of carbonyl (C=O) groups excluding carboxylic acids is 1. The highest BCUT2D eigenvalue weighted by Crippen LogP contribution is 2.16. The third-order valence-electron chi connectivity index (χ3n) is 3.94. The van der Waals surface area contributed by atoms with Crippen molar-refractivity contribution in [3.05, 3.63) is 70.3 Å². The number of rotatable bonds is 6. The quantitative estimate of drug-likeness (QED) is 0.776. The normalized spacial score (nSPS) is 11.4. The van der Waals surface area contributed by atoms with Crippen molar-refractivity contribution in [1.82, 2.24) is 5.32 Å². The van der Waals surface area contributed by atoms with Gasteiger partial charge in [-0.05, 0) is 51.3 Å². The number of hydrogen-bond acceptors (Lipinski definition) is 3. The van der Waals surface area contributed by atoms with Crippen LogP contribution in [0.1, 0.15) is 48.6 Å². The predicted octanol–water partition coefficient (Wildman–Crippen LogP) is 4.68. The molecule has 0 aliphatic rings. The molecule has 0 radical (unpaired) electrons. The molecule has 134 valence electrons. The van der Waals surface area contributed by atoms with E-state index in [9.17, 15) is 4.79 Å². The number of ether oxygens (including phenoxy) is 1. The lowest BCUT2D eigenvalue weighted by atomic mass is 9.97. The molecule has 0 saturated carbocycles. The number of nitrogens with one attached hydrogen (secondary N) is 1. The summed E-state index contributed by atoms with van der Waals surface area (Å²) in [5.41, 5.74) is 5.67. The molecule has 0 unspecified atom stereocenters. The van der Waals surface area contributed by atoms with Crippen LogP contribution < -0.4 is 5.32 Å². The van der Waals surface area contributed by atoms with Crippen LogP contribution in [0.3, 0.4) is 0 Å². The highest BCUT2D eigenvalue weighted by Gasteiger charge is 2.22. The van der Waals surface area contributed by atoms with E-state index >= 15 is 0 Å². The van der Waals surface area contributed by atoms with Gasteiger partial charge in [-0.15, -0.1) is 0 Å². The average Bonchev–Trinajstić information content (AvgIpc) is 2.52. The lowest BCUT2D eigenvalue weighted by molar-refractivity contribution is -0.154. The van der Waals surface area contributed by atoms with E-state index in [0.29, 0.717) is 6.61 Å². The largest absolute Gasteiger partial charge is 0.460 e. The van der Waals surface area contributed by atoms with Gasteiger partial charge in [-0.25, -0.2) is 0 Å². The summed E-state index contributed by atoms with van der Waals surface area (Å²) in [6.45, 7) is 11.8. The van der Waals surface area contributed by atoms with Gasteiger partial charge in [0.05, 0.1) is 5.41 Å². The third kappa shape index (κ3) is 6.35. The van der Waals surface area contributed by atoms with Gasteiger partial charge in [0.25, 0.3) is 0 Å². The minimum absolute atomic E-state index is 0.174. The Hall–Kier alpha value is -2.13. The molecular weight excluding hydrogens is 310 g/mol. The number of hydrogen-bond donors (Lipinski definition) is 1. The topological polar surface area (TPSA) is 38.3 Å². The molecule has 0 bridgehead atoms. The second-order valence-corrected chi connectivity index (χ2v) is 7.74. The first-order chi connectivity index (χ1) is 11.7. The van der Waals surface area contributed by atoms with E-state index in [4.69, 9.17) is 4.74 Å². The van der Waals surface area contributed by atoms with Crippen LogP contribution in [0.15, 0.2) is 42.5 Å². The molecule has 2 aromatic rings. The van der Waals surface area contributed by atoms with Crippen LogP contribution >= 0.6 is 0 Å². The fourth-order valence-corrected chi connectivity index (χ4v) is 2.64. The molecule has 0 spiro atoms. The van der Waals surface area contributed by atoms with E-state index in [1.807, 2.05) is 32.9 Å². The number of carbonyl (C=O) groups is 1. The Balaban J connectivity index is 1.81. The second-order valence-electron chi connectivity index (χ2n) is 7.74. The summed E-state index contributed by atoms with van der Waals surface area (Å²) in [5.74, 6) is -0.174. The number of benzene rings is 2. The Morgan fingerprint density at radius 2 is 1.40 bits per heavy atom. The maximum atomic E-state index is 11.8. The molecule has 0 saturated heterocycles. The summed E-state index contributed by atoms with van der Waals surface area (Å²) in [7, 11) is 0. The smallest absolute Gasteiger partial charge is 0.311 e. The van der Waals surface area contributed by atoms with Crippen LogP contribution in [0.5, 0.6) is 0 Å². The van der Waals surface area contributed by atoms with Gasteiger partial charge in [0.15, 0.2) is 0 Å². The maximum absolute atomic E-state index is 11.8. The van der Waals surface area contributed by atoms with Crippen LogP contribution in [-0.4, -0.2) is 5.97 Å². The molecule has 0 aromatic heterocycles. The Morgan fingerprint density at radius 3 is 1.96 bits per heavy atom. The van der Waals surface area contributed by atoms with Gasteiger partial charge >= 0.3 is 5.97 Å². The monoisotopic (exact) mass is 339 g/mol. The summed E-state index contributed by atoms with van der Waals surface area (Å²) < 4.78 is 5.34. The van der Waals surface area contributed by atoms with Crippen LogP contribution in [0.25, 0.3) is 0 Å². The van der Waals surface area contributed by atoms with Crippen LogP contribution in [0.2, 0.25) is 0 Å². The summed E-state index contributed by atoms with van der Waals surface area (Å²) in [5, 5.41) is 3.48. The van der Waals surface area contributed by atoms with Crippen molar-refractivity contribution in [2.24, 2.45) is 5.41 Å². The van der Waals surface area contributed by atoms with Crippen LogP contribution in [0, 0.1) is 19.3 Å². The van der Waals surface area contributed by atoms with E-state index in [2.05, 4.69) is 49.5 Å². The Morgan fingerprint density at radius 1 is 0.880 bits per heavy atom. The van der Waals surface area contributed by atoms with E-state index < -0.39 is 5.41 Å². The van der Waals surface area contributed by atoms with Crippen molar-refractivity contribution < 1.29 is 9.53 Å². The van der Waals surface area contributed by atoms with Crippen molar-refractivity contribution in [3.63, 3.8) is 0 Å². The second kappa shape index (κ2) is 8.30. The first-order valence-electron chi connectivity index (χ1n) is 8.77. The van der Waals surface area contributed by atoms with E-state index in [1.54, 1.807) is 0 Å². The van der Waals surface area contributed by atoms with Gasteiger partial charge in [-0.1, -0.05) is 53.6 Å². The van der Waals surface area contributed by atoms with Gasteiger partial charge in [-0.3, -0.25) is 4.79 Å². The minimum Gasteiger partial charge on any atom is -0.460 e. The fraction of sp³-hybridized carbons (Fsp3) is 0.409. The van der Waals surface area contributed by atoms with Crippen LogP contribution in [0.4, 0.5) is 0 Å². The van der Waals surface area contributed by atoms with E-state index in [0.717, 1.165) is 18.7 Å². The van der Waals surface area contributed by atoms with Crippen molar-refractivity contribution in [2.75, 3.05) is 0 Å². The Labute approximate surface area is 151 Å². The van der Waals surface area contributed by atoms with Crippen LogP contribution in [-0.2, 0) is 29.2 Å². The molecule has 2 aromatic carbocycles. The van der Waals surface area contributed by atoms with Gasteiger partial charge < -0.3 is 10.1 Å². The SMILES string of the molecule is Cc1cc(C)cc(CNCc2ccc(COC(=O)C(C)(C)C)cc2)c1. The molecule has 25 heavy (non-hydrogen) atoms. The summed E-state index contributed by atoms with van der Waals surface area (Å²) in [6.07, 6.45) is 0. The lowest BCUT2D eigenvalue weighted by Gasteiger charge is -2.16. The zero-order chi connectivity index (χ0) is 18.4. The fourth-order valence-electron chi connectivity index (χ4n) is 2.64. The molecular formula is C22H29NO2. The van der Waals surface area contributed by atoms with Gasteiger partial charge in [0, 0.05) is 13.1 Å². The van der Waals surface area contributed by atoms with Crippen molar-refractivity contribution >= 4 is 5.97 Å². The van der Waals surface area contributed by atoms with Gasteiger partial charge in [0.2, 0.25) is 0 Å². The molecule has 0 amide bonds. The molecule has 0 aliphatic heterocycles. The molecule has 3 heteroatoms. The predicted molar refractivity (Wildman–Crippen MR) is 102 cm³/mol. The van der Waals surface area contributed by atoms with Crippen molar-refractivity contribution in [2.45, 2.75) is 54.3 Å². The first-order valence-corrected chi connectivity index (χ1v) is 8.77. The highest BCUT2D eigenvalue weighted by molar-refractivity contribution is 5.75. The maximum Gasteiger partial charge on any atom is 0.311 e. The molecule has 1 N–H and O–H groups in total. The number of esters is 1. The van der Waals surface area contributed by atoms with Gasteiger partial charge in [0.1, 0.15) is 6.61 Å². The minimum atomic E-state index is -0.460. The molecule has 0 atom stereocenters. The number of aryl methyl sites for hydroxylation is 2. The van der Waals surface area contributed by atoms with Gasteiger partial charge in [-0.2, -0.15) is 0 Å². The average molecular weight is 339 g/mol. The zero-order valence-corrected chi connectivity index (χ0v) is 16.0. The third-order valence-corrected chi connectivity index (χ3v) is 3.94. The van der Waals surface area contributed by atoms with Crippen molar-refractivity contribution in [3.8, 4) is 0 Å². The Bertz CT molecular complexity index is 692. The molecule has 0 fully saturated rings. The lowest BCUT2D eigenvalue weighted by Crippen LogP contribution is -2.22. The van der Waals surface area contributed by atoms with E-state index in [1.165, 1.54) is 22.3 Å². The van der Waals surface area contributed by atoms with Crippen molar-refractivity contribution in [1.29, 1.82) is 0 Å². The molecule has 0 heterocycles. The first kappa shape index (κ1) is 19.2. The summed E-state index contributed by atoms with van der Waals surface area (Å²) in [4.78, 5) is 11.8. The molecule has 3 nitrogen and oxygen atoms in total. The summed E-state index contributed by atoms with van der Waals surface area (Å²) in [6, 6.07) is 14.8. The Kier molecular flexibility index (Phi) is 6.38. The highest BCUT2D eigenvalue weighted by atomic mass is 16.5. The molecule has 0 aliphatic carbocycles.